The van der Waals surface area contributed by atoms with Gasteiger partial charge in [-0.2, -0.15) is 0 Å². The van der Waals surface area contributed by atoms with Crippen LogP contribution in [0, 0.1) is 13.0 Å². The maximum atomic E-state index is 3.24. The first kappa shape index (κ1) is 9.31. The first-order valence-electron chi connectivity index (χ1n) is 4.55. The smallest absolute Gasteiger partial charge is 0.0103 e. The van der Waals surface area contributed by atoms with Crippen molar-refractivity contribution in [3.05, 3.63) is 35.4 Å². The molecule has 0 heteroatoms. The van der Waals surface area contributed by atoms with Crippen LogP contribution >= 0.6 is 0 Å². The molecule has 0 heterocycles. The summed E-state index contributed by atoms with van der Waals surface area (Å²) in [6, 6.07) is 9.49. The fourth-order valence-electron chi connectivity index (χ4n) is 1.44. The molecule has 0 saturated carbocycles. The predicted molar refractivity (Wildman–Crippen MR) is 53.3 cm³/mol. The Kier molecular flexibility index (Phi) is 2.56. The third kappa shape index (κ3) is 1.69. The van der Waals surface area contributed by atoms with E-state index in [4.69, 9.17) is 0 Å². The van der Waals surface area contributed by atoms with Gasteiger partial charge in [0, 0.05) is 0 Å². The summed E-state index contributed by atoms with van der Waals surface area (Å²) in [6.45, 7) is 8.92. The Hall–Kier alpha value is -0.780. The molecule has 0 N–H and O–H groups in total. The zero-order valence-corrected chi connectivity index (χ0v) is 8.44. The van der Waals surface area contributed by atoms with E-state index in [1.807, 2.05) is 6.07 Å². The molecule has 0 aliphatic heterocycles. The molecule has 0 fully saturated rings. The summed E-state index contributed by atoms with van der Waals surface area (Å²) in [5.74, 6) is 0. The largest absolute Gasteiger partial charge is 0.0646 e. The van der Waals surface area contributed by atoms with Gasteiger partial charge in [-0.25, -0.2) is 0 Å². The minimum Gasteiger partial charge on any atom is -0.0646 e. The number of hydrogen-bond acceptors (Lipinski definition) is 0. The zero-order chi connectivity index (χ0) is 9.19. The summed E-state index contributed by atoms with van der Waals surface area (Å²) < 4.78 is 0. The highest BCUT2D eigenvalue weighted by atomic mass is 14.2. The molecule has 0 aromatic heterocycles. The van der Waals surface area contributed by atoms with Gasteiger partial charge in [0.05, 0.1) is 0 Å². The Morgan fingerprint density at radius 3 is 2.58 bits per heavy atom. The second kappa shape index (κ2) is 3.30. The molecule has 0 spiro atoms. The lowest BCUT2D eigenvalue weighted by atomic mass is 9.80. The molecule has 1 rings (SSSR count). The fraction of sp³-hybridized carbons (Fsp3) is 0.500. The molecule has 0 nitrogen and oxygen atoms in total. The molecule has 1 aromatic carbocycles. The van der Waals surface area contributed by atoms with Crippen LogP contribution in [0.1, 0.15) is 38.3 Å². The highest BCUT2D eigenvalue weighted by Crippen LogP contribution is 2.28. The normalized spacial score (nSPS) is 11.7. The molecule has 1 radical (unpaired) electrons. The Morgan fingerprint density at radius 1 is 1.42 bits per heavy atom. The lowest BCUT2D eigenvalue weighted by molar-refractivity contribution is 0.503. The molecule has 0 atom stereocenters. The maximum absolute atomic E-state index is 3.24. The van der Waals surface area contributed by atoms with E-state index in [0.717, 1.165) is 0 Å². The van der Waals surface area contributed by atoms with E-state index in [1.54, 1.807) is 0 Å². The van der Waals surface area contributed by atoms with Gasteiger partial charge in [0.2, 0.25) is 0 Å². The Balaban J connectivity index is 3.10. The summed E-state index contributed by atoms with van der Waals surface area (Å²) in [5.41, 5.74) is 3.00. The number of rotatable bonds is 2. The van der Waals surface area contributed by atoms with Crippen LogP contribution in [-0.4, -0.2) is 0 Å². The molecule has 12 heavy (non-hydrogen) atoms. The van der Waals surface area contributed by atoms with Crippen molar-refractivity contribution in [3.8, 4) is 0 Å². The van der Waals surface area contributed by atoms with Crippen LogP contribution in [0.2, 0.25) is 0 Å². The lowest BCUT2D eigenvalue weighted by Crippen LogP contribution is -2.16. The molecule has 0 amide bonds. The SMILES string of the molecule is CCC(C)(C)c1ccc[c]c1C. The van der Waals surface area contributed by atoms with Crippen molar-refractivity contribution in [2.45, 2.75) is 39.5 Å². The molecule has 0 bridgehead atoms. The first-order valence-corrected chi connectivity index (χ1v) is 4.55. The number of benzene rings is 1. The van der Waals surface area contributed by atoms with E-state index in [0.29, 0.717) is 5.41 Å². The van der Waals surface area contributed by atoms with Crippen LogP contribution in [0.4, 0.5) is 0 Å². The zero-order valence-electron chi connectivity index (χ0n) is 8.44. The molecular formula is C12H17. The molecule has 1 aromatic rings. The first-order chi connectivity index (χ1) is 5.58. The molecule has 0 aliphatic carbocycles. The molecular weight excluding hydrogens is 144 g/mol. The maximum Gasteiger partial charge on any atom is -0.0103 e. The van der Waals surface area contributed by atoms with Crippen LogP contribution in [0.15, 0.2) is 18.2 Å². The van der Waals surface area contributed by atoms with Gasteiger partial charge in [0.1, 0.15) is 0 Å². The summed E-state index contributed by atoms with van der Waals surface area (Å²) in [6.07, 6.45) is 1.17. The van der Waals surface area contributed by atoms with Gasteiger partial charge in [-0.3, -0.25) is 0 Å². The second-order valence-corrected chi connectivity index (χ2v) is 3.95. The van der Waals surface area contributed by atoms with Gasteiger partial charge >= 0.3 is 0 Å². The predicted octanol–water partition coefficient (Wildman–Crippen LogP) is 3.48. The van der Waals surface area contributed by atoms with Crippen LogP contribution in [0.5, 0.6) is 0 Å². The van der Waals surface area contributed by atoms with Gasteiger partial charge < -0.3 is 0 Å². The van der Waals surface area contributed by atoms with Gasteiger partial charge in [-0.15, -0.1) is 0 Å². The van der Waals surface area contributed by atoms with E-state index in [-0.39, 0.29) is 0 Å². The quantitative estimate of drug-likeness (QED) is 0.623. The average molecular weight is 161 g/mol. The van der Waals surface area contributed by atoms with E-state index < -0.39 is 0 Å². The number of hydrogen-bond donors (Lipinski definition) is 0. The third-order valence-corrected chi connectivity index (χ3v) is 2.68. The Bertz CT molecular complexity index is 258. The van der Waals surface area contributed by atoms with Crippen LogP contribution in [0.25, 0.3) is 0 Å². The minimum atomic E-state index is 0.293. The number of aryl methyl sites for hydroxylation is 1. The summed E-state index contributed by atoms with van der Waals surface area (Å²) >= 11 is 0. The van der Waals surface area contributed by atoms with Crippen LogP contribution in [-0.2, 0) is 5.41 Å². The van der Waals surface area contributed by atoms with Crippen molar-refractivity contribution in [2.24, 2.45) is 0 Å². The van der Waals surface area contributed by atoms with Gasteiger partial charge in [-0.1, -0.05) is 39.0 Å². The fourth-order valence-corrected chi connectivity index (χ4v) is 1.44. The standard InChI is InChI=1S/C12H17/c1-5-12(3,4)11-9-7-6-8-10(11)2/h6-7,9H,5H2,1-4H3. The topological polar surface area (TPSA) is 0 Å². The van der Waals surface area contributed by atoms with E-state index in [2.05, 4.69) is 45.9 Å². The second-order valence-electron chi connectivity index (χ2n) is 3.95. The van der Waals surface area contributed by atoms with Crippen molar-refractivity contribution in [2.75, 3.05) is 0 Å². The molecule has 65 valence electrons. The van der Waals surface area contributed by atoms with Gasteiger partial charge in [-0.05, 0) is 36.0 Å². The van der Waals surface area contributed by atoms with E-state index in [1.165, 1.54) is 17.5 Å². The molecule has 0 unspecified atom stereocenters. The van der Waals surface area contributed by atoms with Crippen LogP contribution < -0.4 is 0 Å². The summed E-state index contributed by atoms with van der Waals surface area (Å²) in [7, 11) is 0. The third-order valence-electron chi connectivity index (χ3n) is 2.68. The van der Waals surface area contributed by atoms with Crippen molar-refractivity contribution in [1.82, 2.24) is 0 Å². The van der Waals surface area contributed by atoms with Crippen molar-refractivity contribution < 1.29 is 0 Å². The molecule has 0 saturated heterocycles. The summed E-state index contributed by atoms with van der Waals surface area (Å²) in [4.78, 5) is 0. The van der Waals surface area contributed by atoms with E-state index in [9.17, 15) is 0 Å². The molecule has 0 aliphatic rings. The minimum absolute atomic E-state index is 0.293. The average Bonchev–Trinajstić information content (AvgIpc) is 2.05. The van der Waals surface area contributed by atoms with Crippen molar-refractivity contribution >= 4 is 0 Å². The van der Waals surface area contributed by atoms with Crippen LogP contribution in [0.3, 0.4) is 0 Å². The lowest BCUT2D eigenvalue weighted by Gasteiger charge is -2.25. The Morgan fingerprint density at radius 2 is 2.08 bits per heavy atom. The van der Waals surface area contributed by atoms with Crippen molar-refractivity contribution in [1.29, 1.82) is 0 Å². The highest BCUT2D eigenvalue weighted by molar-refractivity contribution is 5.31. The van der Waals surface area contributed by atoms with Gasteiger partial charge in [0.25, 0.3) is 0 Å². The highest BCUT2D eigenvalue weighted by Gasteiger charge is 2.19. The Labute approximate surface area is 75.6 Å². The summed E-state index contributed by atoms with van der Waals surface area (Å²) in [5, 5.41) is 0. The van der Waals surface area contributed by atoms with Gasteiger partial charge in [0.15, 0.2) is 0 Å². The van der Waals surface area contributed by atoms with Crippen molar-refractivity contribution in [3.63, 3.8) is 0 Å². The monoisotopic (exact) mass is 161 g/mol. The van der Waals surface area contributed by atoms with E-state index >= 15 is 0 Å².